The van der Waals surface area contributed by atoms with Crippen molar-refractivity contribution in [3.8, 4) is 11.1 Å². The quantitative estimate of drug-likeness (QED) is 0.163. The summed E-state index contributed by atoms with van der Waals surface area (Å²) in [6.07, 6.45) is 6.91. The molecule has 262 valence electrons. The molecule has 4 aliphatic rings. The van der Waals surface area contributed by atoms with Gasteiger partial charge < -0.3 is 9.80 Å². The van der Waals surface area contributed by atoms with Gasteiger partial charge in [-0.15, -0.1) is 11.3 Å². The number of rotatable bonds is 5. The van der Waals surface area contributed by atoms with Crippen molar-refractivity contribution in [3.63, 3.8) is 0 Å². The first-order valence-corrected chi connectivity index (χ1v) is 21.4. The standard InChI is InChI=1S/C49H41BN2S2/c1-3-49(4-2)37-26-24-33(36-17-12-14-32-28-29-53-48(32)36)30-40(37)50-39-27-25-35(52-41-19-8-10-22-45(41)54-46-23-11-9-20-42(46)52)31-44(39)51(34-15-6-5-7-16-34)43-21-13-18-38(49)47(43)50/h5-8,10,12-19,21-22,24-31H,3-4,9,11,20,23H2,1-2H3. The van der Waals surface area contributed by atoms with Gasteiger partial charge in [-0.1, -0.05) is 116 Å². The average molecular weight is 733 g/mol. The molecule has 1 aliphatic carbocycles. The molecule has 2 nitrogen and oxygen atoms in total. The topological polar surface area (TPSA) is 6.48 Å². The van der Waals surface area contributed by atoms with Crippen LogP contribution in [0.1, 0.15) is 63.5 Å². The molecule has 0 saturated carbocycles. The number of thiophene rings is 1. The zero-order valence-corrected chi connectivity index (χ0v) is 32.4. The first kappa shape index (κ1) is 32.5. The molecule has 0 unspecified atom stereocenters. The fraction of sp³-hybridized carbons (Fsp3) is 0.184. The number of allylic oxidation sites excluding steroid dienone is 2. The van der Waals surface area contributed by atoms with Crippen LogP contribution >= 0.6 is 23.1 Å². The molecule has 0 fully saturated rings. The summed E-state index contributed by atoms with van der Waals surface area (Å²) in [5.74, 6) is 0. The highest BCUT2D eigenvalue weighted by Gasteiger charge is 2.48. The lowest BCUT2D eigenvalue weighted by Crippen LogP contribution is -2.64. The molecule has 0 radical (unpaired) electrons. The Kier molecular flexibility index (Phi) is 7.54. The lowest BCUT2D eigenvalue weighted by Gasteiger charge is -2.48. The minimum atomic E-state index is -0.0660. The second-order valence-electron chi connectivity index (χ2n) is 15.3. The van der Waals surface area contributed by atoms with E-state index in [0.717, 1.165) is 19.3 Å². The first-order valence-electron chi connectivity index (χ1n) is 19.7. The molecule has 54 heavy (non-hydrogen) atoms. The van der Waals surface area contributed by atoms with Crippen molar-refractivity contribution in [3.05, 3.63) is 161 Å². The molecule has 0 spiro atoms. The van der Waals surface area contributed by atoms with Crippen molar-refractivity contribution in [2.24, 2.45) is 0 Å². The summed E-state index contributed by atoms with van der Waals surface area (Å²) in [5.41, 5.74) is 17.7. The highest BCUT2D eigenvalue weighted by atomic mass is 32.2. The summed E-state index contributed by atoms with van der Waals surface area (Å²) in [7, 11) is 0. The van der Waals surface area contributed by atoms with Crippen molar-refractivity contribution < 1.29 is 0 Å². The maximum Gasteiger partial charge on any atom is 0.247 e. The third kappa shape index (κ3) is 4.61. The van der Waals surface area contributed by atoms with Crippen LogP contribution in [0.3, 0.4) is 0 Å². The van der Waals surface area contributed by atoms with Gasteiger partial charge in [-0.3, -0.25) is 0 Å². The van der Waals surface area contributed by atoms with Crippen LogP contribution in [0, 0.1) is 0 Å². The normalized spacial score (nSPS) is 16.4. The Bertz CT molecular complexity index is 2650. The molecule has 3 aliphatic heterocycles. The molecule has 5 heteroatoms. The molecule has 11 rings (SSSR count). The van der Waals surface area contributed by atoms with Gasteiger partial charge >= 0.3 is 0 Å². The van der Waals surface area contributed by atoms with Gasteiger partial charge in [-0.05, 0) is 131 Å². The molecule has 1 aromatic heterocycles. The minimum absolute atomic E-state index is 0.0660. The number of thioether (sulfide) groups is 1. The second kappa shape index (κ2) is 12.5. The molecule has 0 N–H and O–H groups in total. The summed E-state index contributed by atoms with van der Waals surface area (Å²) < 4.78 is 1.37. The van der Waals surface area contributed by atoms with E-state index in [1.165, 1.54) is 112 Å². The van der Waals surface area contributed by atoms with Crippen molar-refractivity contribution in [1.29, 1.82) is 0 Å². The van der Waals surface area contributed by atoms with E-state index in [2.05, 4.69) is 162 Å². The van der Waals surface area contributed by atoms with Crippen molar-refractivity contribution in [2.45, 2.75) is 62.7 Å². The molecule has 7 aromatic rings. The van der Waals surface area contributed by atoms with E-state index in [9.17, 15) is 0 Å². The maximum atomic E-state index is 2.60. The van der Waals surface area contributed by atoms with Crippen LogP contribution in [0.25, 0.3) is 21.2 Å². The van der Waals surface area contributed by atoms with Gasteiger partial charge in [0.2, 0.25) is 6.71 Å². The van der Waals surface area contributed by atoms with Gasteiger partial charge in [0.1, 0.15) is 0 Å². The fourth-order valence-electron chi connectivity index (χ4n) is 10.3. The third-order valence-electron chi connectivity index (χ3n) is 12.8. The van der Waals surface area contributed by atoms with Crippen LogP contribution in [0.4, 0.5) is 28.4 Å². The van der Waals surface area contributed by atoms with E-state index in [1.54, 1.807) is 0 Å². The van der Waals surface area contributed by atoms with Crippen LogP contribution in [0.2, 0.25) is 0 Å². The largest absolute Gasteiger partial charge is 0.312 e. The molecule has 0 amide bonds. The second-order valence-corrected chi connectivity index (χ2v) is 17.4. The third-order valence-corrected chi connectivity index (χ3v) is 15.1. The lowest BCUT2D eigenvalue weighted by atomic mass is 9.29. The molecular formula is C49H41BN2S2. The predicted octanol–water partition coefficient (Wildman–Crippen LogP) is 12.3. The van der Waals surface area contributed by atoms with Crippen LogP contribution in [-0.4, -0.2) is 6.71 Å². The number of hydrogen-bond donors (Lipinski definition) is 0. The highest BCUT2D eigenvalue weighted by molar-refractivity contribution is 8.03. The first-order chi connectivity index (χ1) is 26.7. The highest BCUT2D eigenvalue weighted by Crippen LogP contribution is 2.52. The Morgan fingerprint density at radius 2 is 1.44 bits per heavy atom. The smallest absolute Gasteiger partial charge is 0.247 e. The number of fused-ring (bicyclic) bond motifs is 6. The van der Waals surface area contributed by atoms with E-state index in [1.807, 2.05) is 23.1 Å². The van der Waals surface area contributed by atoms with Gasteiger partial charge in [-0.25, -0.2) is 0 Å². The van der Waals surface area contributed by atoms with Gasteiger partial charge in [0.15, 0.2) is 0 Å². The van der Waals surface area contributed by atoms with Crippen molar-refractivity contribution in [1.82, 2.24) is 0 Å². The zero-order chi connectivity index (χ0) is 36.0. The summed E-state index contributed by atoms with van der Waals surface area (Å²) in [6, 6.07) is 51.2. The van der Waals surface area contributed by atoms with Crippen LogP contribution in [-0.2, 0) is 5.41 Å². The SMILES string of the molecule is CCC1(CC)c2ccc(-c3cccc4ccsc34)cc2B2c3ccc(N4C5=C(CCCC5)Sc5ccccc54)cc3N(c3ccccc3)c3cccc1c32. The van der Waals surface area contributed by atoms with Gasteiger partial charge in [0.25, 0.3) is 0 Å². The molecule has 0 saturated heterocycles. The number of para-hydroxylation sites is 2. The Hall–Kier alpha value is -4.97. The molecule has 0 atom stereocenters. The number of benzene rings is 6. The molecule has 0 bridgehead atoms. The Balaban J connectivity index is 1.19. The number of anilines is 5. The van der Waals surface area contributed by atoms with Crippen molar-refractivity contribution in [2.75, 3.05) is 9.80 Å². The molecule has 4 heterocycles. The Labute approximate surface area is 327 Å². The van der Waals surface area contributed by atoms with Gasteiger partial charge in [-0.2, -0.15) is 0 Å². The van der Waals surface area contributed by atoms with Gasteiger partial charge in [0.05, 0.1) is 5.69 Å². The fourth-order valence-corrected chi connectivity index (χ4v) is 12.5. The summed E-state index contributed by atoms with van der Waals surface area (Å²) in [4.78, 5) is 8.07. The van der Waals surface area contributed by atoms with E-state index in [0.29, 0.717) is 0 Å². The minimum Gasteiger partial charge on any atom is -0.312 e. The predicted molar refractivity (Wildman–Crippen MR) is 234 cm³/mol. The summed E-state index contributed by atoms with van der Waals surface area (Å²) in [5, 5.41) is 3.55. The number of hydrogen-bond acceptors (Lipinski definition) is 4. The number of nitrogens with zero attached hydrogens (tertiary/aromatic N) is 2. The van der Waals surface area contributed by atoms with E-state index < -0.39 is 0 Å². The van der Waals surface area contributed by atoms with E-state index >= 15 is 0 Å². The zero-order valence-electron chi connectivity index (χ0n) is 30.8. The monoisotopic (exact) mass is 732 g/mol. The molecule has 6 aromatic carbocycles. The van der Waals surface area contributed by atoms with Gasteiger partial charge in [0, 0.05) is 48.4 Å². The molecular weight excluding hydrogens is 691 g/mol. The van der Waals surface area contributed by atoms with E-state index in [-0.39, 0.29) is 12.1 Å². The maximum absolute atomic E-state index is 2.60. The van der Waals surface area contributed by atoms with E-state index in [4.69, 9.17) is 0 Å². The summed E-state index contributed by atoms with van der Waals surface area (Å²) in [6.45, 7) is 4.92. The van der Waals surface area contributed by atoms with Crippen molar-refractivity contribution >= 4 is 84.7 Å². The van der Waals surface area contributed by atoms with Crippen LogP contribution < -0.4 is 26.2 Å². The van der Waals surface area contributed by atoms with Crippen LogP contribution in [0.5, 0.6) is 0 Å². The average Bonchev–Trinajstić information content (AvgIpc) is 3.72. The Morgan fingerprint density at radius 1 is 0.630 bits per heavy atom. The summed E-state index contributed by atoms with van der Waals surface area (Å²) >= 11 is 3.85. The lowest BCUT2D eigenvalue weighted by molar-refractivity contribution is 0.481. The van der Waals surface area contributed by atoms with Crippen LogP contribution in [0.15, 0.2) is 154 Å². The Morgan fingerprint density at radius 3 is 2.33 bits per heavy atom.